The number of phenols is 1. The van der Waals surface area contributed by atoms with Crippen molar-refractivity contribution in [2.75, 3.05) is 4.90 Å². The van der Waals surface area contributed by atoms with Gasteiger partial charge in [-0.3, -0.25) is 19.2 Å². The molecule has 6 rings (SSSR count). The van der Waals surface area contributed by atoms with Crippen LogP contribution in [0.3, 0.4) is 0 Å². The van der Waals surface area contributed by atoms with Crippen molar-refractivity contribution in [3.63, 3.8) is 0 Å². The van der Waals surface area contributed by atoms with Gasteiger partial charge in [-0.15, -0.1) is 0 Å². The molecule has 4 atom stereocenters. The minimum atomic E-state index is -5.19. The summed E-state index contributed by atoms with van der Waals surface area (Å²) in [6.07, 6.45) is -7.84. The van der Waals surface area contributed by atoms with Gasteiger partial charge in [0.05, 0.1) is 28.7 Å². The monoisotopic (exact) mass is 601 g/mol. The van der Waals surface area contributed by atoms with Gasteiger partial charge in [0.2, 0.25) is 11.8 Å². The number of para-hydroxylation sites is 1. The van der Waals surface area contributed by atoms with Crippen molar-refractivity contribution < 1.29 is 50.6 Å². The van der Waals surface area contributed by atoms with E-state index in [0.717, 1.165) is 6.08 Å². The number of aromatic hydroxyl groups is 1. The van der Waals surface area contributed by atoms with Gasteiger partial charge in [0.1, 0.15) is 5.75 Å². The van der Waals surface area contributed by atoms with Crippen LogP contribution in [0.25, 0.3) is 0 Å². The summed E-state index contributed by atoms with van der Waals surface area (Å²) in [5.41, 5.74) is -3.05. The summed E-state index contributed by atoms with van der Waals surface area (Å²) in [4.78, 5) is 54.3. The number of nitrogens with zero attached hydrogens (tertiary/aromatic N) is 1. The Balaban J connectivity index is 1.48. The summed E-state index contributed by atoms with van der Waals surface area (Å²) in [6, 6.07) is 6.69. The molecule has 0 bridgehead atoms. The zero-order valence-corrected chi connectivity index (χ0v) is 22.2. The van der Waals surface area contributed by atoms with E-state index in [-0.39, 0.29) is 46.9 Å². The molecule has 2 aromatic rings. The number of alkyl halides is 6. The van der Waals surface area contributed by atoms with Crippen molar-refractivity contribution >= 4 is 29.1 Å². The zero-order chi connectivity index (χ0) is 31.2. The van der Waals surface area contributed by atoms with Crippen molar-refractivity contribution in [3.05, 3.63) is 93.6 Å². The fraction of sp³-hybridized carbons (Fsp3) is 0.290. The summed E-state index contributed by atoms with van der Waals surface area (Å²) >= 11 is 0. The molecular formula is C31H21F6NO5. The van der Waals surface area contributed by atoms with Crippen LogP contribution in [0.5, 0.6) is 5.75 Å². The van der Waals surface area contributed by atoms with Gasteiger partial charge in [-0.25, -0.2) is 4.90 Å². The summed E-state index contributed by atoms with van der Waals surface area (Å²) < 4.78 is 81.4. The lowest BCUT2D eigenvalue weighted by Gasteiger charge is -2.42. The SMILES string of the molecule is CC1=CC(=O)C2=C(C1=O)C(c1ccccc1O)C1=CCC3C(=O)N(c4cc(C(F)(F)F)cc(C(F)(F)F)c4)C(=O)C3C1C2. The van der Waals surface area contributed by atoms with E-state index >= 15 is 0 Å². The number of allylic oxidation sites excluding steroid dienone is 6. The van der Waals surface area contributed by atoms with Gasteiger partial charge in [-0.2, -0.15) is 26.3 Å². The number of rotatable bonds is 2. The Morgan fingerprint density at radius 2 is 1.49 bits per heavy atom. The fourth-order valence-corrected chi connectivity index (χ4v) is 6.77. The minimum Gasteiger partial charge on any atom is -0.508 e. The first-order valence-corrected chi connectivity index (χ1v) is 13.2. The van der Waals surface area contributed by atoms with E-state index in [0.29, 0.717) is 22.6 Å². The lowest BCUT2D eigenvalue weighted by molar-refractivity contribution is -0.143. The summed E-state index contributed by atoms with van der Waals surface area (Å²) in [5.74, 6) is -7.26. The van der Waals surface area contributed by atoms with Crippen LogP contribution in [0, 0.1) is 17.8 Å². The standard InChI is InChI=1S/C31H21F6NO5/c1-13-8-23(40)21-12-20-17(24(26(21)27(13)41)18-4-2-3-5-22(18)39)6-7-19-25(20)29(43)38(28(19)42)16-10-14(30(32,33)34)9-15(11-16)31(35,36)37/h2-6,8-11,19-20,24-25,39H,7,12H2,1H3. The second-order valence-electron chi connectivity index (χ2n) is 11.1. The second-order valence-corrected chi connectivity index (χ2v) is 11.1. The average Bonchev–Trinajstić information content (AvgIpc) is 3.19. The number of amides is 2. The molecule has 0 spiro atoms. The highest BCUT2D eigenvalue weighted by Gasteiger charge is 2.57. The number of halogens is 6. The number of anilines is 1. The molecule has 1 N–H and O–H groups in total. The molecule has 4 aliphatic rings. The molecule has 1 heterocycles. The maximum Gasteiger partial charge on any atom is 0.416 e. The molecule has 1 saturated heterocycles. The highest BCUT2D eigenvalue weighted by atomic mass is 19.4. The highest BCUT2D eigenvalue weighted by molar-refractivity contribution is 6.25. The molecular weight excluding hydrogens is 580 g/mol. The first kappa shape index (κ1) is 28.6. The van der Waals surface area contributed by atoms with Gasteiger partial charge in [0.25, 0.3) is 0 Å². The Bertz CT molecular complexity index is 1700. The lowest BCUT2D eigenvalue weighted by Crippen LogP contribution is -2.39. The van der Waals surface area contributed by atoms with Gasteiger partial charge in [-0.1, -0.05) is 29.8 Å². The van der Waals surface area contributed by atoms with E-state index in [1.165, 1.54) is 13.0 Å². The van der Waals surface area contributed by atoms with Gasteiger partial charge < -0.3 is 5.11 Å². The molecule has 12 heteroatoms. The first-order chi connectivity index (χ1) is 20.1. The lowest BCUT2D eigenvalue weighted by atomic mass is 9.59. The largest absolute Gasteiger partial charge is 0.508 e. The predicted molar refractivity (Wildman–Crippen MR) is 138 cm³/mol. The Hall–Kier alpha value is -4.48. The first-order valence-electron chi connectivity index (χ1n) is 13.2. The molecule has 4 unspecified atom stereocenters. The smallest absolute Gasteiger partial charge is 0.416 e. The molecule has 6 nitrogen and oxygen atoms in total. The van der Waals surface area contributed by atoms with Gasteiger partial charge in [0, 0.05) is 28.2 Å². The Morgan fingerprint density at radius 3 is 2.09 bits per heavy atom. The van der Waals surface area contributed by atoms with E-state index in [1.54, 1.807) is 24.3 Å². The van der Waals surface area contributed by atoms with Crippen LogP contribution < -0.4 is 4.90 Å². The van der Waals surface area contributed by atoms with Gasteiger partial charge >= 0.3 is 12.4 Å². The Labute approximate surface area is 240 Å². The van der Waals surface area contributed by atoms with E-state index in [1.807, 2.05) is 0 Å². The van der Waals surface area contributed by atoms with Gasteiger partial charge in [-0.05, 0) is 56.0 Å². The Kier molecular flexibility index (Phi) is 6.34. The van der Waals surface area contributed by atoms with E-state index in [2.05, 4.69) is 0 Å². The van der Waals surface area contributed by atoms with Crippen LogP contribution in [0.4, 0.5) is 32.0 Å². The number of fused-ring (bicyclic) bond motifs is 3. The number of phenolic OH excluding ortho intramolecular Hbond substituents is 1. The van der Waals surface area contributed by atoms with Crippen molar-refractivity contribution in [2.24, 2.45) is 17.8 Å². The summed E-state index contributed by atoms with van der Waals surface area (Å²) in [6.45, 7) is 1.48. The fourth-order valence-electron chi connectivity index (χ4n) is 6.77. The van der Waals surface area contributed by atoms with E-state index in [9.17, 15) is 50.6 Å². The predicted octanol–water partition coefficient (Wildman–Crippen LogP) is 6.06. The number of carbonyl (C=O) groups excluding carboxylic acids is 4. The zero-order valence-electron chi connectivity index (χ0n) is 22.2. The van der Waals surface area contributed by atoms with Gasteiger partial charge in [0.15, 0.2) is 11.6 Å². The molecule has 2 aromatic carbocycles. The summed E-state index contributed by atoms with van der Waals surface area (Å²) in [5, 5.41) is 10.7. The number of hydrogen-bond acceptors (Lipinski definition) is 5. The second kappa shape index (κ2) is 9.51. The molecule has 222 valence electrons. The number of Topliss-reactive ketones (excluding diaryl/α,β-unsaturated/α-hetero) is 1. The van der Waals surface area contributed by atoms with Crippen LogP contribution in [0.1, 0.15) is 42.4 Å². The number of hydrogen-bond donors (Lipinski definition) is 1. The third kappa shape index (κ3) is 4.42. The van der Waals surface area contributed by atoms with Crippen LogP contribution in [0.15, 0.2) is 76.9 Å². The van der Waals surface area contributed by atoms with Crippen LogP contribution in [-0.4, -0.2) is 28.5 Å². The van der Waals surface area contributed by atoms with Crippen molar-refractivity contribution in [2.45, 2.75) is 38.0 Å². The van der Waals surface area contributed by atoms with Crippen LogP contribution >= 0.6 is 0 Å². The molecule has 0 saturated carbocycles. The number of ketones is 2. The minimum absolute atomic E-state index is 0.0868. The molecule has 0 radical (unpaired) electrons. The van der Waals surface area contributed by atoms with E-state index in [4.69, 9.17) is 0 Å². The maximum atomic E-state index is 13.9. The summed E-state index contributed by atoms with van der Waals surface area (Å²) in [7, 11) is 0. The van der Waals surface area contributed by atoms with E-state index < -0.39 is 76.2 Å². The molecule has 43 heavy (non-hydrogen) atoms. The molecule has 1 aliphatic heterocycles. The highest BCUT2D eigenvalue weighted by Crippen LogP contribution is 2.56. The maximum absolute atomic E-state index is 13.9. The molecule has 3 aliphatic carbocycles. The number of imide groups is 1. The Morgan fingerprint density at radius 1 is 0.860 bits per heavy atom. The van der Waals surface area contributed by atoms with Crippen LogP contribution in [0.2, 0.25) is 0 Å². The molecule has 0 aromatic heterocycles. The van der Waals surface area contributed by atoms with Crippen molar-refractivity contribution in [1.82, 2.24) is 0 Å². The quantitative estimate of drug-likeness (QED) is 0.196. The third-order valence-electron chi connectivity index (χ3n) is 8.64. The average molecular weight is 601 g/mol. The number of carbonyl (C=O) groups is 4. The molecule has 1 fully saturated rings. The third-order valence-corrected chi connectivity index (χ3v) is 8.64. The number of benzene rings is 2. The van der Waals surface area contributed by atoms with Crippen molar-refractivity contribution in [1.29, 1.82) is 0 Å². The molecule has 2 amide bonds. The topological polar surface area (TPSA) is 91.8 Å². The van der Waals surface area contributed by atoms with Crippen molar-refractivity contribution in [3.8, 4) is 5.75 Å². The van der Waals surface area contributed by atoms with Crippen LogP contribution in [-0.2, 0) is 31.5 Å². The normalized spacial score (nSPS) is 25.8.